The molecule has 0 saturated heterocycles. The molecule has 108 valence electrons. The topological polar surface area (TPSA) is 51.0 Å². The van der Waals surface area contributed by atoms with Crippen LogP contribution in [-0.4, -0.2) is 23.0 Å². The van der Waals surface area contributed by atoms with Crippen molar-refractivity contribution in [1.82, 2.24) is 15.5 Å². The predicted octanol–water partition coefficient (Wildman–Crippen LogP) is 3.36. The van der Waals surface area contributed by atoms with Crippen LogP contribution in [0.3, 0.4) is 0 Å². The van der Waals surface area contributed by atoms with Gasteiger partial charge in [-0.25, -0.2) is 0 Å². The fourth-order valence-electron chi connectivity index (χ4n) is 2.54. The maximum absolute atomic E-state index is 5.41. The van der Waals surface area contributed by atoms with E-state index in [9.17, 15) is 0 Å². The van der Waals surface area contributed by atoms with Gasteiger partial charge < -0.3 is 9.73 Å². The van der Waals surface area contributed by atoms with E-state index in [1.165, 1.54) is 22.3 Å². The van der Waals surface area contributed by atoms with Gasteiger partial charge in [-0.1, -0.05) is 29.5 Å². The highest BCUT2D eigenvalue weighted by Crippen LogP contribution is 2.28. The molecule has 1 aromatic heterocycles. The minimum Gasteiger partial charge on any atom is -0.416 e. The van der Waals surface area contributed by atoms with Crippen molar-refractivity contribution in [3.63, 3.8) is 0 Å². The number of aryl methyl sites for hydroxylation is 4. The minimum atomic E-state index is 0.271. The lowest BCUT2D eigenvalue weighted by Crippen LogP contribution is -2.21. The van der Waals surface area contributed by atoms with Crippen LogP contribution in [0.25, 0.3) is 0 Å². The molecule has 0 aliphatic heterocycles. The van der Waals surface area contributed by atoms with Crippen molar-refractivity contribution in [2.24, 2.45) is 0 Å². The number of nitrogens with zero attached hydrogens (tertiary/aromatic N) is 2. The van der Waals surface area contributed by atoms with E-state index in [1.807, 2.05) is 7.05 Å². The summed E-state index contributed by atoms with van der Waals surface area (Å²) in [6, 6.07) is 4.73. The highest BCUT2D eigenvalue weighted by atomic mass is 32.2. The van der Waals surface area contributed by atoms with Crippen LogP contribution in [0.1, 0.15) is 34.2 Å². The van der Waals surface area contributed by atoms with E-state index in [1.54, 1.807) is 18.7 Å². The Kier molecular flexibility index (Phi) is 4.83. The number of hydrogen-bond donors (Lipinski definition) is 1. The van der Waals surface area contributed by atoms with Crippen LogP contribution in [0.5, 0.6) is 0 Å². The number of thioether (sulfide) groups is 1. The van der Waals surface area contributed by atoms with E-state index >= 15 is 0 Å². The molecule has 0 amide bonds. The zero-order valence-electron chi connectivity index (χ0n) is 12.7. The fraction of sp³-hybridized carbons (Fsp3) is 0.467. The summed E-state index contributed by atoms with van der Waals surface area (Å²) in [4.78, 5) is 0. The summed E-state index contributed by atoms with van der Waals surface area (Å²) in [5, 5.41) is 11.9. The van der Waals surface area contributed by atoms with Crippen molar-refractivity contribution >= 4 is 11.8 Å². The molecule has 0 aliphatic carbocycles. The lowest BCUT2D eigenvalue weighted by atomic mass is 9.95. The summed E-state index contributed by atoms with van der Waals surface area (Å²) in [6.07, 6.45) is 0. The Bertz CT molecular complexity index is 572. The van der Waals surface area contributed by atoms with Gasteiger partial charge in [0.25, 0.3) is 5.22 Å². The molecule has 1 heterocycles. The Morgan fingerprint density at radius 1 is 1.15 bits per heavy atom. The van der Waals surface area contributed by atoms with Crippen molar-refractivity contribution in [3.05, 3.63) is 40.3 Å². The molecule has 1 atom stereocenters. The third-order valence-electron chi connectivity index (χ3n) is 3.32. The van der Waals surface area contributed by atoms with Gasteiger partial charge in [0.2, 0.25) is 5.89 Å². The Morgan fingerprint density at radius 3 is 2.30 bits per heavy atom. The molecule has 5 heteroatoms. The van der Waals surface area contributed by atoms with Crippen molar-refractivity contribution < 1.29 is 4.42 Å². The summed E-state index contributed by atoms with van der Waals surface area (Å²) < 4.78 is 5.41. The highest BCUT2D eigenvalue weighted by Gasteiger charge is 2.16. The number of benzene rings is 1. The van der Waals surface area contributed by atoms with Gasteiger partial charge in [0.1, 0.15) is 0 Å². The molecule has 1 N–H and O–H groups in total. The molecule has 2 aromatic rings. The van der Waals surface area contributed by atoms with Crippen molar-refractivity contribution in [2.45, 2.75) is 39.0 Å². The Balaban J connectivity index is 2.16. The Labute approximate surface area is 124 Å². The first-order chi connectivity index (χ1) is 9.51. The van der Waals surface area contributed by atoms with Gasteiger partial charge in [0, 0.05) is 18.7 Å². The minimum absolute atomic E-state index is 0.271. The maximum Gasteiger partial charge on any atom is 0.276 e. The lowest BCUT2D eigenvalue weighted by molar-refractivity contribution is 0.428. The van der Waals surface area contributed by atoms with Crippen LogP contribution in [0, 0.1) is 27.7 Å². The van der Waals surface area contributed by atoms with Gasteiger partial charge in [-0.3, -0.25) is 0 Å². The van der Waals surface area contributed by atoms with E-state index in [0.717, 1.165) is 5.75 Å². The SMILES string of the molecule is CNC(CSc1nnc(C)o1)c1c(C)cc(C)cc1C. The third-order valence-corrected chi connectivity index (χ3v) is 4.23. The molecule has 20 heavy (non-hydrogen) atoms. The molecule has 0 bridgehead atoms. The normalized spacial score (nSPS) is 12.7. The number of aromatic nitrogens is 2. The predicted molar refractivity (Wildman–Crippen MR) is 82.2 cm³/mol. The largest absolute Gasteiger partial charge is 0.416 e. The van der Waals surface area contributed by atoms with Gasteiger partial charge in [0.05, 0.1) is 0 Å². The van der Waals surface area contributed by atoms with Crippen LogP contribution in [-0.2, 0) is 0 Å². The van der Waals surface area contributed by atoms with Crippen LogP contribution < -0.4 is 5.32 Å². The summed E-state index contributed by atoms with van der Waals surface area (Å²) in [6.45, 7) is 8.28. The molecule has 0 spiro atoms. The van der Waals surface area contributed by atoms with Gasteiger partial charge in [0.15, 0.2) is 0 Å². The van der Waals surface area contributed by atoms with Crippen molar-refractivity contribution in [1.29, 1.82) is 0 Å². The monoisotopic (exact) mass is 291 g/mol. The second-order valence-corrected chi connectivity index (χ2v) is 6.02. The zero-order valence-corrected chi connectivity index (χ0v) is 13.5. The molecule has 4 nitrogen and oxygen atoms in total. The zero-order chi connectivity index (χ0) is 14.7. The maximum atomic E-state index is 5.41. The molecule has 0 aliphatic rings. The van der Waals surface area contributed by atoms with Gasteiger partial charge >= 0.3 is 0 Å². The first kappa shape index (κ1) is 15.1. The quantitative estimate of drug-likeness (QED) is 0.856. The first-order valence-corrected chi connectivity index (χ1v) is 7.67. The first-order valence-electron chi connectivity index (χ1n) is 6.69. The van der Waals surface area contributed by atoms with Crippen LogP contribution in [0.15, 0.2) is 21.8 Å². The second kappa shape index (κ2) is 6.41. The number of hydrogen-bond acceptors (Lipinski definition) is 5. The molecule has 0 fully saturated rings. The van der Waals surface area contributed by atoms with E-state index in [4.69, 9.17) is 4.42 Å². The second-order valence-electron chi connectivity index (χ2n) is 5.05. The van der Waals surface area contributed by atoms with E-state index in [2.05, 4.69) is 48.4 Å². The van der Waals surface area contributed by atoms with Crippen LogP contribution in [0.4, 0.5) is 0 Å². The van der Waals surface area contributed by atoms with Gasteiger partial charge in [-0.05, 0) is 44.5 Å². The van der Waals surface area contributed by atoms with E-state index in [0.29, 0.717) is 11.1 Å². The summed E-state index contributed by atoms with van der Waals surface area (Å²) in [7, 11) is 1.99. The van der Waals surface area contributed by atoms with Crippen LogP contribution >= 0.6 is 11.8 Å². The summed E-state index contributed by atoms with van der Waals surface area (Å²) in [5.74, 6) is 1.47. The highest BCUT2D eigenvalue weighted by molar-refractivity contribution is 7.99. The average Bonchev–Trinajstić information content (AvgIpc) is 2.78. The molecular formula is C15H21N3OS. The van der Waals surface area contributed by atoms with Crippen molar-refractivity contribution in [2.75, 3.05) is 12.8 Å². The third kappa shape index (κ3) is 3.41. The number of rotatable bonds is 5. The Hall–Kier alpha value is -1.33. The van der Waals surface area contributed by atoms with E-state index in [-0.39, 0.29) is 6.04 Å². The van der Waals surface area contributed by atoms with E-state index < -0.39 is 0 Å². The molecule has 2 rings (SSSR count). The molecule has 0 saturated carbocycles. The molecule has 1 unspecified atom stereocenters. The molecule has 0 radical (unpaired) electrons. The molecular weight excluding hydrogens is 270 g/mol. The van der Waals surface area contributed by atoms with Gasteiger partial charge in [-0.2, -0.15) is 0 Å². The van der Waals surface area contributed by atoms with Crippen molar-refractivity contribution in [3.8, 4) is 0 Å². The van der Waals surface area contributed by atoms with Gasteiger partial charge in [-0.15, -0.1) is 10.2 Å². The van der Waals surface area contributed by atoms with Crippen LogP contribution in [0.2, 0.25) is 0 Å². The number of nitrogens with one attached hydrogen (secondary N) is 1. The average molecular weight is 291 g/mol. The summed E-state index contributed by atoms with van der Waals surface area (Å²) >= 11 is 1.59. The standard InChI is InChI=1S/C15H21N3OS/c1-9-6-10(2)14(11(3)7-9)13(16-5)8-20-15-18-17-12(4)19-15/h6-7,13,16H,8H2,1-5H3. The summed E-state index contributed by atoms with van der Waals surface area (Å²) in [5.41, 5.74) is 5.31. The Morgan fingerprint density at radius 2 is 1.80 bits per heavy atom. The smallest absolute Gasteiger partial charge is 0.276 e. The lowest BCUT2D eigenvalue weighted by Gasteiger charge is -2.21. The molecule has 1 aromatic carbocycles. The fourth-order valence-corrected chi connectivity index (χ4v) is 3.46.